The fourth-order valence-electron chi connectivity index (χ4n) is 1.84. The van der Waals surface area contributed by atoms with Gasteiger partial charge in [-0.15, -0.1) is 0 Å². The highest BCUT2D eigenvalue weighted by Crippen LogP contribution is 2.32. The van der Waals surface area contributed by atoms with Gasteiger partial charge < -0.3 is 20.9 Å². The second-order valence-corrected chi connectivity index (χ2v) is 4.01. The molecule has 0 aliphatic carbocycles. The maximum absolute atomic E-state index is 5.86. The van der Waals surface area contributed by atoms with Crippen LogP contribution in [0.2, 0.25) is 0 Å². The van der Waals surface area contributed by atoms with Gasteiger partial charge in [0.25, 0.3) is 0 Å². The zero-order valence-electron chi connectivity index (χ0n) is 11.0. The molecule has 5 nitrogen and oxygen atoms in total. The molecular formula is C14H17N3O2. The Hall–Kier alpha value is -2.27. The van der Waals surface area contributed by atoms with E-state index in [0.717, 1.165) is 22.6 Å². The van der Waals surface area contributed by atoms with Gasteiger partial charge in [0.05, 0.1) is 19.9 Å². The van der Waals surface area contributed by atoms with E-state index in [1.54, 1.807) is 14.2 Å². The molecule has 0 aliphatic heterocycles. The lowest BCUT2D eigenvalue weighted by atomic mass is 10.1. The number of rotatable bonds is 4. The van der Waals surface area contributed by atoms with Crippen LogP contribution in [0.15, 0.2) is 30.3 Å². The van der Waals surface area contributed by atoms with Gasteiger partial charge >= 0.3 is 0 Å². The lowest BCUT2D eigenvalue weighted by molar-refractivity contribution is 0.395. The fourth-order valence-corrected chi connectivity index (χ4v) is 1.84. The topological polar surface area (TPSA) is 83.4 Å². The molecule has 0 saturated heterocycles. The van der Waals surface area contributed by atoms with E-state index < -0.39 is 0 Å². The van der Waals surface area contributed by atoms with E-state index in [1.807, 2.05) is 30.3 Å². The molecule has 0 saturated carbocycles. The number of pyridine rings is 1. The number of nitrogens with two attached hydrogens (primary N) is 2. The molecule has 1 heterocycles. The molecule has 0 fully saturated rings. The van der Waals surface area contributed by atoms with Gasteiger partial charge in [-0.1, -0.05) is 6.07 Å². The zero-order chi connectivity index (χ0) is 13.8. The van der Waals surface area contributed by atoms with Crippen molar-refractivity contribution in [3.05, 3.63) is 35.9 Å². The highest BCUT2D eigenvalue weighted by molar-refractivity contribution is 5.70. The van der Waals surface area contributed by atoms with E-state index in [1.165, 1.54) is 0 Å². The van der Waals surface area contributed by atoms with Crippen molar-refractivity contribution in [2.45, 2.75) is 6.54 Å². The van der Waals surface area contributed by atoms with Crippen molar-refractivity contribution in [3.63, 3.8) is 0 Å². The standard InChI is InChI=1S/C14H17N3O2/c1-18-10-4-5-11(13(7-10)19-2)12-6-3-9(8-15)14(16)17-12/h3-7H,8,15H2,1-2H3,(H2,16,17). The summed E-state index contributed by atoms with van der Waals surface area (Å²) in [6.45, 7) is 0.374. The molecule has 0 unspecified atom stereocenters. The summed E-state index contributed by atoms with van der Waals surface area (Å²) >= 11 is 0. The SMILES string of the molecule is COc1ccc(-c2ccc(CN)c(N)n2)c(OC)c1. The lowest BCUT2D eigenvalue weighted by Gasteiger charge is -2.11. The summed E-state index contributed by atoms with van der Waals surface area (Å²) in [5, 5.41) is 0. The van der Waals surface area contributed by atoms with Gasteiger partial charge in [0.15, 0.2) is 0 Å². The normalized spacial score (nSPS) is 10.3. The van der Waals surface area contributed by atoms with Crippen molar-refractivity contribution in [1.29, 1.82) is 0 Å². The van der Waals surface area contributed by atoms with Gasteiger partial charge in [0.2, 0.25) is 0 Å². The molecule has 0 amide bonds. The molecule has 0 atom stereocenters. The third kappa shape index (κ3) is 2.61. The summed E-state index contributed by atoms with van der Waals surface area (Å²) < 4.78 is 10.5. The Morgan fingerprint density at radius 2 is 1.89 bits per heavy atom. The summed E-state index contributed by atoms with van der Waals surface area (Å²) in [4.78, 5) is 4.36. The zero-order valence-corrected chi connectivity index (χ0v) is 11.0. The number of methoxy groups -OCH3 is 2. The van der Waals surface area contributed by atoms with Gasteiger partial charge in [0, 0.05) is 23.7 Å². The first-order chi connectivity index (χ1) is 9.19. The van der Waals surface area contributed by atoms with Gasteiger partial charge in [0.1, 0.15) is 17.3 Å². The average molecular weight is 259 g/mol. The van der Waals surface area contributed by atoms with E-state index in [9.17, 15) is 0 Å². The Morgan fingerprint density at radius 1 is 1.11 bits per heavy atom. The molecule has 2 rings (SSSR count). The summed E-state index contributed by atoms with van der Waals surface area (Å²) in [5.41, 5.74) is 13.9. The van der Waals surface area contributed by atoms with Gasteiger partial charge in [-0.05, 0) is 18.2 Å². The predicted octanol–water partition coefficient (Wildman–Crippen LogP) is 1.81. The first-order valence-corrected chi connectivity index (χ1v) is 5.87. The molecule has 0 aliphatic rings. The quantitative estimate of drug-likeness (QED) is 0.874. The first kappa shape index (κ1) is 13.2. The summed E-state index contributed by atoms with van der Waals surface area (Å²) in [6.07, 6.45) is 0. The number of hydrogen-bond acceptors (Lipinski definition) is 5. The second kappa shape index (κ2) is 5.58. The maximum atomic E-state index is 5.86. The van der Waals surface area contributed by atoms with Crippen LogP contribution in [0.5, 0.6) is 11.5 Å². The number of benzene rings is 1. The molecule has 0 spiro atoms. The molecular weight excluding hydrogens is 242 g/mol. The van der Waals surface area contributed by atoms with E-state index >= 15 is 0 Å². The van der Waals surface area contributed by atoms with E-state index in [4.69, 9.17) is 20.9 Å². The van der Waals surface area contributed by atoms with E-state index in [2.05, 4.69) is 4.98 Å². The predicted molar refractivity (Wildman–Crippen MR) is 75.1 cm³/mol. The van der Waals surface area contributed by atoms with Crippen molar-refractivity contribution in [2.75, 3.05) is 20.0 Å². The van der Waals surface area contributed by atoms with Crippen LogP contribution in [-0.4, -0.2) is 19.2 Å². The molecule has 1 aromatic carbocycles. The van der Waals surface area contributed by atoms with Crippen LogP contribution in [0.25, 0.3) is 11.3 Å². The molecule has 4 N–H and O–H groups in total. The van der Waals surface area contributed by atoms with E-state index in [0.29, 0.717) is 18.1 Å². The first-order valence-electron chi connectivity index (χ1n) is 5.87. The Bertz CT molecular complexity index is 585. The Balaban J connectivity index is 2.49. The number of ether oxygens (including phenoxy) is 2. The molecule has 0 radical (unpaired) electrons. The molecule has 0 bridgehead atoms. The Morgan fingerprint density at radius 3 is 2.47 bits per heavy atom. The van der Waals surface area contributed by atoms with Crippen molar-refractivity contribution in [1.82, 2.24) is 4.98 Å². The smallest absolute Gasteiger partial charge is 0.131 e. The van der Waals surface area contributed by atoms with E-state index in [-0.39, 0.29) is 0 Å². The Labute approximate surface area is 112 Å². The highest BCUT2D eigenvalue weighted by Gasteiger charge is 2.10. The molecule has 5 heteroatoms. The molecule has 1 aromatic heterocycles. The highest BCUT2D eigenvalue weighted by atomic mass is 16.5. The van der Waals surface area contributed by atoms with Crippen LogP contribution in [0.4, 0.5) is 5.82 Å². The minimum absolute atomic E-state index is 0.374. The maximum Gasteiger partial charge on any atom is 0.131 e. The van der Waals surface area contributed by atoms with Crippen LogP contribution in [0.3, 0.4) is 0 Å². The van der Waals surface area contributed by atoms with Gasteiger partial charge in [-0.25, -0.2) is 4.98 Å². The third-order valence-electron chi connectivity index (χ3n) is 2.92. The number of hydrogen-bond donors (Lipinski definition) is 2. The largest absolute Gasteiger partial charge is 0.497 e. The number of nitrogen functional groups attached to an aromatic ring is 1. The van der Waals surface area contributed by atoms with Crippen LogP contribution in [0, 0.1) is 0 Å². The molecule has 19 heavy (non-hydrogen) atoms. The number of nitrogens with zero attached hydrogens (tertiary/aromatic N) is 1. The second-order valence-electron chi connectivity index (χ2n) is 4.01. The minimum atomic E-state index is 0.374. The number of aromatic nitrogens is 1. The van der Waals surface area contributed by atoms with Crippen LogP contribution >= 0.6 is 0 Å². The minimum Gasteiger partial charge on any atom is -0.497 e. The lowest BCUT2D eigenvalue weighted by Crippen LogP contribution is -2.04. The Kier molecular flexibility index (Phi) is 3.87. The monoisotopic (exact) mass is 259 g/mol. The van der Waals surface area contributed by atoms with Crippen molar-refractivity contribution in [2.24, 2.45) is 5.73 Å². The molecule has 2 aromatic rings. The summed E-state index contributed by atoms with van der Waals surface area (Å²) in [6, 6.07) is 9.31. The average Bonchev–Trinajstić information content (AvgIpc) is 2.46. The summed E-state index contributed by atoms with van der Waals surface area (Å²) in [5.74, 6) is 1.86. The van der Waals surface area contributed by atoms with Crippen LogP contribution in [-0.2, 0) is 6.54 Å². The molecule has 100 valence electrons. The van der Waals surface area contributed by atoms with Crippen molar-refractivity contribution >= 4 is 5.82 Å². The van der Waals surface area contributed by atoms with Crippen molar-refractivity contribution < 1.29 is 9.47 Å². The van der Waals surface area contributed by atoms with Crippen molar-refractivity contribution in [3.8, 4) is 22.8 Å². The third-order valence-corrected chi connectivity index (χ3v) is 2.92. The van der Waals surface area contributed by atoms with Crippen LogP contribution < -0.4 is 20.9 Å². The van der Waals surface area contributed by atoms with Gasteiger partial charge in [-0.2, -0.15) is 0 Å². The summed E-state index contributed by atoms with van der Waals surface area (Å²) in [7, 11) is 3.22. The fraction of sp³-hybridized carbons (Fsp3) is 0.214. The number of anilines is 1. The van der Waals surface area contributed by atoms with Crippen LogP contribution in [0.1, 0.15) is 5.56 Å². The van der Waals surface area contributed by atoms with Gasteiger partial charge in [-0.3, -0.25) is 0 Å².